The van der Waals surface area contributed by atoms with Crippen LogP contribution >= 0.6 is 27.5 Å². The first-order chi connectivity index (χ1) is 17.4. The lowest BCUT2D eigenvalue weighted by molar-refractivity contribution is -0.112. The molecule has 0 aliphatic rings. The molecule has 36 heavy (non-hydrogen) atoms. The lowest BCUT2D eigenvalue weighted by atomic mass is 10.1. The summed E-state index contributed by atoms with van der Waals surface area (Å²) in [7, 11) is 1.54. The first-order valence-corrected chi connectivity index (χ1v) is 12.2. The summed E-state index contributed by atoms with van der Waals surface area (Å²) in [6, 6.07) is 24.8. The number of fused-ring (bicyclic) bond motifs is 1. The number of benzene rings is 4. The number of methoxy groups -OCH3 is 1. The van der Waals surface area contributed by atoms with Gasteiger partial charge in [-0.2, -0.15) is 5.26 Å². The zero-order valence-corrected chi connectivity index (χ0v) is 22.0. The molecule has 4 aromatic rings. The van der Waals surface area contributed by atoms with Gasteiger partial charge in [-0.25, -0.2) is 0 Å². The number of aryl methyl sites for hydroxylation is 1. The van der Waals surface area contributed by atoms with Crippen LogP contribution in [0.15, 0.2) is 82.8 Å². The standard InChI is InChI=1S/C29H22BrClN2O3/c1-18-10-11-23(15-26(18)31)33-29(34)22(16-32)12-19-13-25(30)28(27(14-19)35-2)36-17-21-8-5-7-20-6-3-4-9-24(20)21/h3-15H,17H2,1-2H3,(H,33,34)/b22-12+. The minimum atomic E-state index is -0.538. The quantitative estimate of drug-likeness (QED) is 0.185. The van der Waals surface area contributed by atoms with Crippen molar-refractivity contribution in [1.82, 2.24) is 0 Å². The second-order valence-corrected chi connectivity index (χ2v) is 9.31. The number of carbonyl (C=O) groups is 1. The molecule has 0 bridgehead atoms. The van der Waals surface area contributed by atoms with Crippen molar-refractivity contribution in [2.75, 3.05) is 12.4 Å². The first-order valence-electron chi connectivity index (χ1n) is 11.1. The molecular formula is C29H22BrClN2O3. The second-order valence-electron chi connectivity index (χ2n) is 8.05. The maximum atomic E-state index is 12.7. The third kappa shape index (κ3) is 5.71. The Morgan fingerprint density at radius 1 is 1.11 bits per heavy atom. The summed E-state index contributed by atoms with van der Waals surface area (Å²) in [6.45, 7) is 2.21. The lowest BCUT2D eigenvalue weighted by Gasteiger charge is -2.15. The smallest absolute Gasteiger partial charge is 0.266 e. The van der Waals surface area contributed by atoms with E-state index in [4.69, 9.17) is 21.1 Å². The number of carbonyl (C=O) groups excluding carboxylic acids is 1. The molecule has 0 fully saturated rings. The summed E-state index contributed by atoms with van der Waals surface area (Å²) in [5.41, 5.74) is 2.98. The molecule has 0 aromatic heterocycles. The van der Waals surface area contributed by atoms with Crippen molar-refractivity contribution in [2.24, 2.45) is 0 Å². The molecule has 4 aromatic carbocycles. The number of hydrogen-bond acceptors (Lipinski definition) is 4. The van der Waals surface area contributed by atoms with E-state index in [1.165, 1.54) is 6.08 Å². The maximum Gasteiger partial charge on any atom is 0.266 e. The van der Waals surface area contributed by atoms with E-state index in [-0.39, 0.29) is 5.57 Å². The number of hydrogen-bond donors (Lipinski definition) is 1. The van der Waals surface area contributed by atoms with Gasteiger partial charge in [0.2, 0.25) is 0 Å². The molecule has 1 amide bonds. The van der Waals surface area contributed by atoms with Crippen LogP contribution in [0.5, 0.6) is 11.5 Å². The molecule has 0 aliphatic heterocycles. The van der Waals surface area contributed by atoms with Crippen LogP contribution in [0.3, 0.4) is 0 Å². The number of nitriles is 1. The normalized spacial score (nSPS) is 11.1. The van der Waals surface area contributed by atoms with E-state index in [1.807, 2.05) is 37.3 Å². The van der Waals surface area contributed by atoms with Gasteiger partial charge in [0.1, 0.15) is 18.2 Å². The van der Waals surface area contributed by atoms with Gasteiger partial charge in [-0.05, 0) is 80.7 Å². The highest BCUT2D eigenvalue weighted by Gasteiger charge is 2.15. The van der Waals surface area contributed by atoms with Gasteiger partial charge >= 0.3 is 0 Å². The van der Waals surface area contributed by atoms with Gasteiger partial charge in [0.05, 0.1) is 11.6 Å². The van der Waals surface area contributed by atoms with E-state index >= 15 is 0 Å². The van der Waals surface area contributed by atoms with Crippen LogP contribution in [-0.4, -0.2) is 13.0 Å². The van der Waals surface area contributed by atoms with E-state index in [1.54, 1.807) is 37.4 Å². The highest BCUT2D eigenvalue weighted by molar-refractivity contribution is 9.10. The van der Waals surface area contributed by atoms with E-state index in [2.05, 4.69) is 39.4 Å². The summed E-state index contributed by atoms with van der Waals surface area (Å²) in [5.74, 6) is 0.461. The lowest BCUT2D eigenvalue weighted by Crippen LogP contribution is -2.13. The van der Waals surface area contributed by atoms with Crippen LogP contribution in [0, 0.1) is 18.3 Å². The number of ether oxygens (including phenoxy) is 2. The highest BCUT2D eigenvalue weighted by Crippen LogP contribution is 2.38. The topological polar surface area (TPSA) is 71.3 Å². The Kier molecular flexibility index (Phi) is 7.94. The van der Waals surface area contributed by atoms with Crippen molar-refractivity contribution in [3.63, 3.8) is 0 Å². The molecular weight excluding hydrogens is 540 g/mol. The Labute approximate surface area is 223 Å². The maximum absolute atomic E-state index is 12.7. The zero-order valence-electron chi connectivity index (χ0n) is 19.6. The molecule has 5 nitrogen and oxygen atoms in total. The molecule has 0 saturated heterocycles. The summed E-state index contributed by atoms with van der Waals surface area (Å²) < 4.78 is 12.3. The van der Waals surface area contributed by atoms with E-state index < -0.39 is 5.91 Å². The van der Waals surface area contributed by atoms with Gasteiger partial charge < -0.3 is 14.8 Å². The van der Waals surface area contributed by atoms with Crippen molar-refractivity contribution in [3.05, 3.63) is 105 Å². The van der Waals surface area contributed by atoms with Gasteiger partial charge in [-0.3, -0.25) is 4.79 Å². The van der Waals surface area contributed by atoms with Crippen LogP contribution in [0.25, 0.3) is 16.8 Å². The van der Waals surface area contributed by atoms with Gasteiger partial charge in [0.25, 0.3) is 5.91 Å². The van der Waals surface area contributed by atoms with Gasteiger partial charge in [0, 0.05) is 10.7 Å². The average molecular weight is 562 g/mol. The Morgan fingerprint density at radius 3 is 2.64 bits per heavy atom. The van der Waals surface area contributed by atoms with Crippen molar-refractivity contribution in [2.45, 2.75) is 13.5 Å². The van der Waals surface area contributed by atoms with Gasteiger partial charge in [-0.1, -0.05) is 60.1 Å². The summed E-state index contributed by atoms with van der Waals surface area (Å²) in [6.07, 6.45) is 1.49. The predicted octanol–water partition coefficient (Wildman–Crippen LogP) is 7.70. The van der Waals surface area contributed by atoms with E-state index in [0.717, 1.165) is 21.9 Å². The van der Waals surface area contributed by atoms with Crippen LogP contribution in [0.2, 0.25) is 5.02 Å². The van der Waals surface area contributed by atoms with Gasteiger partial charge in [-0.15, -0.1) is 0 Å². The molecule has 1 N–H and O–H groups in total. The minimum absolute atomic E-state index is 0.0647. The number of rotatable bonds is 7. The molecule has 180 valence electrons. The SMILES string of the molecule is COc1cc(/C=C(\C#N)C(=O)Nc2ccc(C)c(Cl)c2)cc(Br)c1OCc1cccc2ccccc12. The second kappa shape index (κ2) is 11.3. The highest BCUT2D eigenvalue weighted by atomic mass is 79.9. The number of nitrogens with zero attached hydrogens (tertiary/aromatic N) is 1. The fourth-order valence-electron chi connectivity index (χ4n) is 3.72. The largest absolute Gasteiger partial charge is 0.493 e. The molecule has 0 atom stereocenters. The summed E-state index contributed by atoms with van der Waals surface area (Å²) in [4.78, 5) is 12.7. The third-order valence-electron chi connectivity index (χ3n) is 5.61. The Bertz CT molecular complexity index is 1520. The van der Waals surface area contributed by atoms with Crippen molar-refractivity contribution in [3.8, 4) is 17.6 Å². The van der Waals surface area contributed by atoms with Gasteiger partial charge in [0.15, 0.2) is 11.5 Å². The fraction of sp³-hybridized carbons (Fsp3) is 0.103. The Hall–Kier alpha value is -3.79. The van der Waals surface area contributed by atoms with Crippen LogP contribution < -0.4 is 14.8 Å². The third-order valence-corrected chi connectivity index (χ3v) is 6.61. The summed E-state index contributed by atoms with van der Waals surface area (Å²) >= 11 is 9.68. The van der Waals surface area contributed by atoms with Crippen LogP contribution in [0.1, 0.15) is 16.7 Å². The number of halogens is 2. The summed E-state index contributed by atoms with van der Waals surface area (Å²) in [5, 5.41) is 15.1. The number of anilines is 1. The number of amides is 1. The van der Waals surface area contributed by atoms with Crippen molar-refractivity contribution in [1.29, 1.82) is 5.26 Å². The van der Waals surface area contributed by atoms with Crippen molar-refractivity contribution >= 4 is 56.0 Å². The minimum Gasteiger partial charge on any atom is -0.493 e. The molecule has 0 spiro atoms. The number of nitrogens with one attached hydrogen (secondary N) is 1. The Balaban J connectivity index is 1.56. The first kappa shape index (κ1) is 25.3. The molecule has 0 heterocycles. The van der Waals surface area contributed by atoms with E-state index in [0.29, 0.717) is 38.9 Å². The molecule has 4 rings (SSSR count). The average Bonchev–Trinajstić information content (AvgIpc) is 2.88. The predicted molar refractivity (Wildman–Crippen MR) is 147 cm³/mol. The Morgan fingerprint density at radius 2 is 1.89 bits per heavy atom. The van der Waals surface area contributed by atoms with E-state index in [9.17, 15) is 10.1 Å². The molecule has 0 aliphatic carbocycles. The molecule has 7 heteroatoms. The monoisotopic (exact) mass is 560 g/mol. The molecule has 0 saturated carbocycles. The molecule has 0 unspecified atom stereocenters. The fourth-order valence-corrected chi connectivity index (χ4v) is 4.47. The molecule has 0 radical (unpaired) electrons. The van der Waals surface area contributed by atoms with Crippen molar-refractivity contribution < 1.29 is 14.3 Å². The van der Waals surface area contributed by atoms with Crippen LogP contribution in [0.4, 0.5) is 5.69 Å². The van der Waals surface area contributed by atoms with Crippen LogP contribution in [-0.2, 0) is 11.4 Å². The zero-order chi connectivity index (χ0) is 25.7.